The molecule has 4 nitrogen and oxygen atoms in total. The molecule has 0 heterocycles. The summed E-state index contributed by atoms with van der Waals surface area (Å²) in [4.78, 5) is 12.5. The zero-order valence-corrected chi connectivity index (χ0v) is 11.9. The summed E-state index contributed by atoms with van der Waals surface area (Å²) in [5, 5.41) is 12.8. The molecule has 1 amide bonds. The lowest BCUT2D eigenvalue weighted by atomic mass is 9.77. The fourth-order valence-corrected chi connectivity index (χ4v) is 3.74. The smallest absolute Gasteiger partial charge is 0.223 e. The van der Waals surface area contributed by atoms with E-state index in [-0.39, 0.29) is 24.0 Å². The molecule has 2 unspecified atom stereocenters. The number of nitrogens with two attached hydrogens (primary N) is 1. The van der Waals surface area contributed by atoms with E-state index in [1.165, 1.54) is 12.8 Å². The minimum absolute atomic E-state index is 0.0594. The first-order valence-corrected chi connectivity index (χ1v) is 7.84. The molecule has 2 saturated carbocycles. The van der Waals surface area contributed by atoms with Crippen LogP contribution in [0.5, 0.6) is 0 Å². The van der Waals surface area contributed by atoms with Crippen LogP contribution in [0.2, 0.25) is 0 Å². The Morgan fingerprint density at radius 2 is 1.84 bits per heavy atom. The lowest BCUT2D eigenvalue weighted by Gasteiger charge is -2.39. The van der Waals surface area contributed by atoms with Gasteiger partial charge in [-0.3, -0.25) is 4.79 Å². The van der Waals surface area contributed by atoms with Gasteiger partial charge < -0.3 is 16.2 Å². The van der Waals surface area contributed by atoms with E-state index in [0.29, 0.717) is 12.5 Å². The molecular formula is C15H28N2O2. The maximum absolute atomic E-state index is 12.5. The van der Waals surface area contributed by atoms with Crippen molar-refractivity contribution in [2.45, 2.75) is 63.3 Å². The third-order valence-electron chi connectivity index (χ3n) is 5.05. The van der Waals surface area contributed by atoms with Gasteiger partial charge in [0.25, 0.3) is 0 Å². The summed E-state index contributed by atoms with van der Waals surface area (Å²) >= 11 is 0. The van der Waals surface area contributed by atoms with E-state index >= 15 is 0 Å². The summed E-state index contributed by atoms with van der Waals surface area (Å²) in [5.41, 5.74) is 5.45. The molecule has 0 spiro atoms. The highest BCUT2D eigenvalue weighted by Gasteiger charge is 2.37. The van der Waals surface area contributed by atoms with Crippen LogP contribution in [0, 0.1) is 11.8 Å². The zero-order valence-electron chi connectivity index (χ0n) is 11.9. The van der Waals surface area contributed by atoms with Crippen molar-refractivity contribution in [3.05, 3.63) is 0 Å². The van der Waals surface area contributed by atoms with E-state index in [2.05, 4.69) is 5.32 Å². The van der Waals surface area contributed by atoms with Crippen molar-refractivity contribution in [1.82, 2.24) is 5.32 Å². The van der Waals surface area contributed by atoms with Crippen molar-refractivity contribution in [3.8, 4) is 0 Å². The second kappa shape index (κ2) is 6.71. The number of carbonyl (C=O) groups excluding carboxylic acids is 1. The Morgan fingerprint density at radius 3 is 2.47 bits per heavy atom. The molecule has 0 bridgehead atoms. The Bertz CT molecular complexity index is 301. The first kappa shape index (κ1) is 14.8. The van der Waals surface area contributed by atoms with Crippen molar-refractivity contribution in [2.75, 3.05) is 13.2 Å². The van der Waals surface area contributed by atoms with Crippen molar-refractivity contribution < 1.29 is 9.90 Å². The van der Waals surface area contributed by atoms with E-state index < -0.39 is 0 Å². The number of aliphatic hydroxyl groups excluding tert-OH is 1. The van der Waals surface area contributed by atoms with Crippen LogP contribution in [0.4, 0.5) is 0 Å². The van der Waals surface area contributed by atoms with Crippen LogP contribution < -0.4 is 11.1 Å². The van der Waals surface area contributed by atoms with Gasteiger partial charge in [-0.05, 0) is 38.1 Å². The van der Waals surface area contributed by atoms with Gasteiger partial charge >= 0.3 is 0 Å². The molecule has 2 aliphatic carbocycles. The van der Waals surface area contributed by atoms with Crippen LogP contribution in [0.1, 0.15) is 57.8 Å². The quantitative estimate of drug-likeness (QED) is 0.724. The molecule has 0 aliphatic heterocycles. The van der Waals surface area contributed by atoms with E-state index in [1.807, 2.05) is 0 Å². The number of hydrogen-bond donors (Lipinski definition) is 3. The third-order valence-corrected chi connectivity index (χ3v) is 5.05. The molecule has 0 aromatic carbocycles. The fraction of sp³-hybridized carbons (Fsp3) is 0.933. The van der Waals surface area contributed by atoms with E-state index in [4.69, 9.17) is 5.73 Å². The average molecular weight is 268 g/mol. The predicted octanol–water partition coefficient (Wildman–Crippen LogP) is 1.56. The van der Waals surface area contributed by atoms with E-state index in [0.717, 1.165) is 44.9 Å². The Kier molecular flexibility index (Phi) is 5.22. The number of carbonyl (C=O) groups is 1. The van der Waals surface area contributed by atoms with Crippen molar-refractivity contribution in [1.29, 1.82) is 0 Å². The molecule has 4 heteroatoms. The molecule has 0 aromatic heterocycles. The minimum atomic E-state index is -0.355. The molecule has 4 N–H and O–H groups in total. The van der Waals surface area contributed by atoms with Gasteiger partial charge in [0.1, 0.15) is 0 Å². The van der Waals surface area contributed by atoms with Gasteiger partial charge in [-0.2, -0.15) is 0 Å². The molecule has 110 valence electrons. The lowest BCUT2D eigenvalue weighted by molar-refractivity contribution is -0.130. The summed E-state index contributed by atoms with van der Waals surface area (Å²) in [6, 6.07) is 0. The summed E-state index contributed by atoms with van der Waals surface area (Å²) in [6.45, 7) is 0.670. The highest BCUT2D eigenvalue weighted by Crippen LogP contribution is 2.32. The molecule has 0 aromatic rings. The first-order chi connectivity index (χ1) is 9.21. The monoisotopic (exact) mass is 268 g/mol. The largest absolute Gasteiger partial charge is 0.394 e. The SMILES string of the molecule is NCC1CCCCC1C(=O)NC1(CO)CCCCC1. The highest BCUT2D eigenvalue weighted by molar-refractivity contribution is 5.80. The molecular weight excluding hydrogens is 240 g/mol. The van der Waals surface area contributed by atoms with Gasteiger partial charge in [0.05, 0.1) is 12.1 Å². The number of rotatable bonds is 4. The van der Waals surface area contributed by atoms with Crippen molar-refractivity contribution >= 4 is 5.91 Å². The fourth-order valence-electron chi connectivity index (χ4n) is 3.74. The van der Waals surface area contributed by atoms with Gasteiger partial charge in [-0.25, -0.2) is 0 Å². The van der Waals surface area contributed by atoms with Gasteiger partial charge in [-0.1, -0.05) is 32.1 Å². The topological polar surface area (TPSA) is 75.4 Å². The summed E-state index contributed by atoms with van der Waals surface area (Å²) < 4.78 is 0. The second-order valence-electron chi connectivity index (χ2n) is 6.38. The van der Waals surface area contributed by atoms with Gasteiger partial charge in [-0.15, -0.1) is 0 Å². The van der Waals surface area contributed by atoms with Crippen LogP contribution in [-0.4, -0.2) is 29.7 Å². The normalized spacial score (nSPS) is 30.8. The Labute approximate surface area is 116 Å². The maximum Gasteiger partial charge on any atom is 0.223 e. The van der Waals surface area contributed by atoms with E-state index in [1.54, 1.807) is 0 Å². The van der Waals surface area contributed by atoms with Crippen molar-refractivity contribution in [2.24, 2.45) is 17.6 Å². The number of aliphatic hydroxyl groups is 1. The first-order valence-electron chi connectivity index (χ1n) is 7.84. The molecule has 2 fully saturated rings. The molecule has 2 rings (SSSR count). The summed E-state index contributed by atoms with van der Waals surface area (Å²) in [7, 11) is 0. The number of amides is 1. The Balaban J connectivity index is 1.98. The van der Waals surface area contributed by atoms with Gasteiger partial charge in [0, 0.05) is 5.92 Å². The van der Waals surface area contributed by atoms with Crippen LogP contribution in [0.15, 0.2) is 0 Å². The molecule has 0 saturated heterocycles. The Hall–Kier alpha value is -0.610. The standard InChI is InChI=1S/C15H28N2O2/c16-10-12-6-2-3-7-13(12)14(19)17-15(11-18)8-4-1-5-9-15/h12-13,18H,1-11,16H2,(H,17,19). The summed E-state index contributed by atoms with van der Waals surface area (Å²) in [6.07, 6.45) is 9.59. The number of hydrogen-bond acceptors (Lipinski definition) is 3. The van der Waals surface area contributed by atoms with Gasteiger partial charge in [0.2, 0.25) is 5.91 Å². The number of nitrogens with one attached hydrogen (secondary N) is 1. The second-order valence-corrected chi connectivity index (χ2v) is 6.38. The van der Waals surface area contributed by atoms with E-state index in [9.17, 15) is 9.90 Å². The minimum Gasteiger partial charge on any atom is -0.394 e. The molecule has 0 radical (unpaired) electrons. The third kappa shape index (κ3) is 3.48. The molecule has 2 aliphatic rings. The zero-order chi connectivity index (χ0) is 13.7. The van der Waals surface area contributed by atoms with Crippen LogP contribution in [-0.2, 0) is 4.79 Å². The Morgan fingerprint density at radius 1 is 1.16 bits per heavy atom. The van der Waals surface area contributed by atoms with Crippen LogP contribution in [0.3, 0.4) is 0 Å². The summed E-state index contributed by atoms with van der Waals surface area (Å²) in [5.74, 6) is 0.517. The highest BCUT2D eigenvalue weighted by atomic mass is 16.3. The maximum atomic E-state index is 12.5. The molecule has 2 atom stereocenters. The van der Waals surface area contributed by atoms with Gasteiger partial charge in [0.15, 0.2) is 0 Å². The lowest BCUT2D eigenvalue weighted by Crippen LogP contribution is -2.55. The predicted molar refractivity (Wildman–Crippen MR) is 75.5 cm³/mol. The van der Waals surface area contributed by atoms with Crippen molar-refractivity contribution in [3.63, 3.8) is 0 Å². The van der Waals surface area contributed by atoms with Crippen LogP contribution in [0.25, 0.3) is 0 Å². The molecule has 19 heavy (non-hydrogen) atoms. The average Bonchev–Trinajstić information content (AvgIpc) is 2.48. The van der Waals surface area contributed by atoms with Crippen LogP contribution >= 0.6 is 0 Å².